The van der Waals surface area contributed by atoms with Crippen molar-refractivity contribution < 1.29 is 14.6 Å². The molecule has 0 aromatic carbocycles. The van der Waals surface area contributed by atoms with Gasteiger partial charge in [0.15, 0.2) is 5.60 Å². The van der Waals surface area contributed by atoms with Crippen LogP contribution in [0.3, 0.4) is 0 Å². The summed E-state index contributed by atoms with van der Waals surface area (Å²) in [7, 11) is 0. The molecule has 1 aliphatic carbocycles. The van der Waals surface area contributed by atoms with E-state index in [0.717, 1.165) is 6.42 Å². The number of ether oxygens (including phenoxy) is 1. The van der Waals surface area contributed by atoms with Crippen LogP contribution in [0.25, 0.3) is 0 Å². The van der Waals surface area contributed by atoms with Crippen molar-refractivity contribution in [1.82, 2.24) is 0 Å². The zero-order valence-electron chi connectivity index (χ0n) is 10.5. The summed E-state index contributed by atoms with van der Waals surface area (Å²) in [5.41, 5.74) is -0.980. The van der Waals surface area contributed by atoms with Crippen LogP contribution in [-0.2, 0) is 9.53 Å². The Kier molecular flexibility index (Phi) is 5.26. The quantitative estimate of drug-likeness (QED) is 0.759. The average molecular weight is 228 g/mol. The fraction of sp³-hybridized carbons (Fsp3) is 0.923. The van der Waals surface area contributed by atoms with E-state index in [-0.39, 0.29) is 0 Å². The largest absolute Gasteiger partial charge is 0.479 e. The fourth-order valence-electron chi connectivity index (χ4n) is 2.37. The Morgan fingerprint density at radius 1 is 1.38 bits per heavy atom. The highest BCUT2D eigenvalue weighted by Crippen LogP contribution is 2.26. The molecule has 0 heterocycles. The van der Waals surface area contributed by atoms with Crippen molar-refractivity contribution in [2.45, 2.75) is 64.4 Å². The molecular weight excluding hydrogens is 204 g/mol. The number of carboxylic acids is 1. The van der Waals surface area contributed by atoms with Crippen molar-refractivity contribution in [2.75, 3.05) is 6.61 Å². The Morgan fingerprint density at radius 2 is 2.00 bits per heavy atom. The summed E-state index contributed by atoms with van der Waals surface area (Å²) in [5.74, 6) is -0.255. The molecule has 3 nitrogen and oxygen atoms in total. The molecule has 0 radical (unpaired) electrons. The van der Waals surface area contributed by atoms with Gasteiger partial charge in [-0.15, -0.1) is 0 Å². The molecule has 0 amide bonds. The van der Waals surface area contributed by atoms with E-state index in [1.165, 1.54) is 32.1 Å². The van der Waals surface area contributed by atoms with E-state index >= 15 is 0 Å². The topological polar surface area (TPSA) is 46.5 Å². The maximum atomic E-state index is 11.2. The molecule has 16 heavy (non-hydrogen) atoms. The minimum Gasteiger partial charge on any atom is -0.479 e. The van der Waals surface area contributed by atoms with Crippen molar-refractivity contribution >= 4 is 5.97 Å². The van der Waals surface area contributed by atoms with Crippen molar-refractivity contribution in [3.05, 3.63) is 0 Å². The second-order valence-corrected chi connectivity index (χ2v) is 5.10. The van der Waals surface area contributed by atoms with Crippen LogP contribution in [0.1, 0.15) is 58.8 Å². The molecule has 1 rings (SSSR count). The predicted molar refractivity (Wildman–Crippen MR) is 63.5 cm³/mol. The zero-order valence-corrected chi connectivity index (χ0v) is 10.5. The number of hydrogen-bond acceptors (Lipinski definition) is 2. The van der Waals surface area contributed by atoms with Gasteiger partial charge < -0.3 is 9.84 Å². The van der Waals surface area contributed by atoms with E-state index in [9.17, 15) is 4.79 Å². The van der Waals surface area contributed by atoms with E-state index in [0.29, 0.717) is 18.9 Å². The first-order chi connectivity index (χ1) is 7.58. The number of rotatable bonds is 6. The molecule has 0 spiro atoms. The Bertz CT molecular complexity index is 221. The molecule has 1 unspecified atom stereocenters. The molecule has 1 saturated carbocycles. The standard InChI is InChI=1S/C13H24O3/c1-3-9-13(2,12(14)15)16-10-11-7-5-4-6-8-11/h11H,3-10H2,1-2H3,(H,14,15). The Hall–Kier alpha value is -0.570. The van der Waals surface area contributed by atoms with Crippen LogP contribution in [0.2, 0.25) is 0 Å². The van der Waals surface area contributed by atoms with Crippen molar-refractivity contribution in [1.29, 1.82) is 0 Å². The summed E-state index contributed by atoms with van der Waals surface area (Å²) in [6.45, 7) is 4.30. The molecule has 0 aromatic rings. The molecule has 0 aromatic heterocycles. The minimum absolute atomic E-state index is 0.573. The molecular formula is C13H24O3. The number of carbonyl (C=O) groups is 1. The third kappa shape index (κ3) is 3.78. The molecule has 0 bridgehead atoms. The summed E-state index contributed by atoms with van der Waals surface area (Å²) in [4.78, 5) is 11.2. The Labute approximate surface area is 98.2 Å². The number of carboxylic acid groups (broad SMARTS) is 1. The first kappa shape index (κ1) is 13.5. The van der Waals surface area contributed by atoms with E-state index < -0.39 is 11.6 Å². The fourth-order valence-corrected chi connectivity index (χ4v) is 2.37. The summed E-state index contributed by atoms with van der Waals surface area (Å²) in [6, 6.07) is 0. The lowest BCUT2D eigenvalue weighted by atomic mass is 9.89. The van der Waals surface area contributed by atoms with Gasteiger partial charge in [0.25, 0.3) is 0 Å². The van der Waals surface area contributed by atoms with Gasteiger partial charge in [0.2, 0.25) is 0 Å². The van der Waals surface area contributed by atoms with Crippen molar-refractivity contribution in [3.63, 3.8) is 0 Å². The molecule has 0 aliphatic heterocycles. The average Bonchev–Trinajstić information content (AvgIpc) is 2.28. The van der Waals surface area contributed by atoms with Crippen LogP contribution in [0.15, 0.2) is 0 Å². The smallest absolute Gasteiger partial charge is 0.335 e. The minimum atomic E-state index is -0.980. The van der Waals surface area contributed by atoms with Gasteiger partial charge in [-0.25, -0.2) is 4.79 Å². The van der Waals surface area contributed by atoms with E-state index in [2.05, 4.69) is 0 Å². The van der Waals surface area contributed by atoms with Crippen molar-refractivity contribution in [3.8, 4) is 0 Å². The van der Waals surface area contributed by atoms with E-state index in [1.807, 2.05) is 6.92 Å². The van der Waals surface area contributed by atoms with Crippen LogP contribution in [0, 0.1) is 5.92 Å². The van der Waals surface area contributed by atoms with Gasteiger partial charge in [-0.2, -0.15) is 0 Å². The monoisotopic (exact) mass is 228 g/mol. The summed E-state index contributed by atoms with van der Waals surface area (Å²) >= 11 is 0. The molecule has 1 fully saturated rings. The predicted octanol–water partition coefficient (Wildman–Crippen LogP) is 3.23. The highest BCUT2D eigenvalue weighted by molar-refractivity contribution is 5.76. The van der Waals surface area contributed by atoms with E-state index in [1.54, 1.807) is 6.92 Å². The van der Waals surface area contributed by atoms with Gasteiger partial charge in [-0.3, -0.25) is 0 Å². The molecule has 1 N–H and O–H groups in total. The SMILES string of the molecule is CCCC(C)(OCC1CCCCC1)C(=O)O. The zero-order chi connectivity index (χ0) is 12.0. The second-order valence-electron chi connectivity index (χ2n) is 5.10. The van der Waals surface area contributed by atoms with Gasteiger partial charge in [-0.1, -0.05) is 32.6 Å². The van der Waals surface area contributed by atoms with Gasteiger partial charge in [0.05, 0.1) is 6.61 Å². The van der Waals surface area contributed by atoms with Gasteiger partial charge in [-0.05, 0) is 32.1 Å². The normalized spacial score (nSPS) is 21.6. The number of hydrogen-bond donors (Lipinski definition) is 1. The van der Waals surface area contributed by atoms with Gasteiger partial charge >= 0.3 is 5.97 Å². The van der Waals surface area contributed by atoms with Crippen LogP contribution in [0.5, 0.6) is 0 Å². The Morgan fingerprint density at radius 3 is 2.50 bits per heavy atom. The second kappa shape index (κ2) is 6.24. The molecule has 1 aliphatic rings. The third-order valence-electron chi connectivity index (χ3n) is 3.54. The highest BCUT2D eigenvalue weighted by atomic mass is 16.5. The van der Waals surface area contributed by atoms with Gasteiger partial charge in [0, 0.05) is 0 Å². The van der Waals surface area contributed by atoms with Crippen molar-refractivity contribution in [2.24, 2.45) is 5.92 Å². The van der Waals surface area contributed by atoms with Gasteiger partial charge in [0.1, 0.15) is 0 Å². The third-order valence-corrected chi connectivity index (χ3v) is 3.54. The lowest BCUT2D eigenvalue weighted by Crippen LogP contribution is -2.39. The maximum Gasteiger partial charge on any atom is 0.335 e. The lowest BCUT2D eigenvalue weighted by Gasteiger charge is -2.29. The van der Waals surface area contributed by atoms with Crippen LogP contribution >= 0.6 is 0 Å². The van der Waals surface area contributed by atoms with E-state index in [4.69, 9.17) is 9.84 Å². The summed E-state index contributed by atoms with van der Waals surface area (Å²) in [6.07, 6.45) is 7.69. The molecule has 3 heteroatoms. The maximum absolute atomic E-state index is 11.2. The Balaban J connectivity index is 2.39. The highest BCUT2D eigenvalue weighted by Gasteiger charge is 2.33. The molecule has 0 saturated heterocycles. The summed E-state index contributed by atoms with van der Waals surface area (Å²) in [5, 5.41) is 9.17. The van der Waals surface area contributed by atoms with Crippen LogP contribution < -0.4 is 0 Å². The van der Waals surface area contributed by atoms with Crippen LogP contribution in [0.4, 0.5) is 0 Å². The summed E-state index contributed by atoms with van der Waals surface area (Å²) < 4.78 is 5.67. The first-order valence-electron chi connectivity index (χ1n) is 6.46. The molecule has 94 valence electrons. The number of aliphatic carboxylic acids is 1. The first-order valence-corrected chi connectivity index (χ1v) is 6.46. The van der Waals surface area contributed by atoms with Crippen LogP contribution in [-0.4, -0.2) is 23.3 Å². The lowest BCUT2D eigenvalue weighted by molar-refractivity contribution is -0.166. The molecule has 1 atom stereocenters.